The van der Waals surface area contributed by atoms with E-state index in [9.17, 15) is 29.6 Å². The second kappa shape index (κ2) is 12.1. The largest absolute Gasteiger partial charge is 0.481 e. The number of nitro benzene ring substituents is 1. The third-order valence-electron chi connectivity index (χ3n) is 6.48. The van der Waals surface area contributed by atoms with Crippen molar-refractivity contribution < 1.29 is 29.5 Å². The van der Waals surface area contributed by atoms with Gasteiger partial charge in [-0.25, -0.2) is 9.78 Å². The lowest BCUT2D eigenvalue weighted by molar-refractivity contribution is -0.384. The summed E-state index contributed by atoms with van der Waals surface area (Å²) < 4.78 is 0. The van der Waals surface area contributed by atoms with E-state index in [1.807, 2.05) is 6.92 Å². The Balaban J connectivity index is 1.60. The van der Waals surface area contributed by atoms with Crippen LogP contribution in [0, 0.1) is 17.0 Å². The number of amides is 1. The van der Waals surface area contributed by atoms with Crippen LogP contribution in [0.3, 0.4) is 0 Å². The molecule has 1 amide bonds. The number of benzene rings is 2. The normalized spacial score (nSPS) is 11.5. The number of aromatic nitrogens is 3. The van der Waals surface area contributed by atoms with Gasteiger partial charge in [-0.15, -0.1) is 0 Å². The molecule has 0 fully saturated rings. The number of fused-ring (bicyclic) bond motifs is 1. The summed E-state index contributed by atoms with van der Waals surface area (Å²) in [5.74, 6) is -3.06. The topological polar surface area (TPSA) is 250 Å². The molecule has 0 radical (unpaired) electrons. The number of nitrogen functional groups attached to an aromatic ring is 2. The van der Waals surface area contributed by atoms with E-state index >= 15 is 0 Å². The zero-order chi connectivity index (χ0) is 30.6. The molecule has 0 aliphatic rings. The minimum Gasteiger partial charge on any atom is -0.481 e. The molecule has 8 N–H and O–H groups in total. The fraction of sp³-hybridized carbons (Fsp3) is 0.185. The van der Waals surface area contributed by atoms with Gasteiger partial charge in [0.25, 0.3) is 11.6 Å². The molecule has 15 nitrogen and oxygen atoms in total. The first-order valence-corrected chi connectivity index (χ1v) is 12.5. The second-order valence-corrected chi connectivity index (χ2v) is 9.26. The van der Waals surface area contributed by atoms with Crippen LogP contribution in [-0.4, -0.2) is 54.0 Å². The van der Waals surface area contributed by atoms with Gasteiger partial charge in [0.1, 0.15) is 11.9 Å². The summed E-state index contributed by atoms with van der Waals surface area (Å²) in [5.41, 5.74) is 15.4. The molecule has 42 heavy (non-hydrogen) atoms. The quantitative estimate of drug-likeness (QED) is 0.111. The van der Waals surface area contributed by atoms with E-state index in [-0.39, 0.29) is 41.6 Å². The van der Waals surface area contributed by atoms with Crippen LogP contribution < -0.4 is 22.1 Å². The van der Waals surface area contributed by atoms with E-state index in [1.165, 1.54) is 24.3 Å². The number of rotatable bonds is 11. The van der Waals surface area contributed by atoms with Crippen molar-refractivity contribution in [2.75, 3.05) is 16.8 Å². The van der Waals surface area contributed by atoms with Crippen molar-refractivity contribution in [2.45, 2.75) is 32.4 Å². The van der Waals surface area contributed by atoms with Crippen LogP contribution in [0.2, 0.25) is 0 Å². The number of non-ortho nitro benzene ring substituents is 1. The molecule has 0 bridgehead atoms. The Hall–Kier alpha value is -5.86. The number of anilines is 3. The van der Waals surface area contributed by atoms with Gasteiger partial charge >= 0.3 is 11.9 Å². The summed E-state index contributed by atoms with van der Waals surface area (Å²) in [6.45, 7) is 2.05. The molecule has 4 rings (SSSR count). The van der Waals surface area contributed by atoms with Gasteiger partial charge in [0.15, 0.2) is 5.65 Å². The molecule has 0 aliphatic heterocycles. The van der Waals surface area contributed by atoms with E-state index in [1.54, 1.807) is 24.3 Å². The van der Waals surface area contributed by atoms with Crippen LogP contribution in [0.5, 0.6) is 0 Å². The van der Waals surface area contributed by atoms with E-state index < -0.39 is 35.2 Å². The first kappa shape index (κ1) is 29.1. The number of aliphatic carboxylic acids is 2. The Morgan fingerprint density at radius 3 is 2.26 bits per heavy atom. The average molecular weight is 575 g/mol. The Labute approximate surface area is 237 Å². The molecule has 216 valence electrons. The summed E-state index contributed by atoms with van der Waals surface area (Å²) in [7, 11) is 0. The van der Waals surface area contributed by atoms with Crippen molar-refractivity contribution in [1.82, 2.24) is 20.3 Å². The Morgan fingerprint density at radius 2 is 1.67 bits per heavy atom. The number of nitrogens with zero attached hydrogens (tertiary/aromatic N) is 4. The van der Waals surface area contributed by atoms with Gasteiger partial charge in [-0.3, -0.25) is 19.7 Å². The third-order valence-corrected chi connectivity index (χ3v) is 6.48. The molecule has 15 heteroatoms. The number of hydrogen-bond acceptors (Lipinski definition) is 11. The number of carbonyl (C=O) groups is 3. The van der Waals surface area contributed by atoms with Crippen LogP contribution in [0.4, 0.5) is 23.1 Å². The minimum absolute atomic E-state index is 0.0480. The zero-order valence-corrected chi connectivity index (χ0v) is 22.2. The number of carboxylic acids is 2. The van der Waals surface area contributed by atoms with Gasteiger partial charge < -0.3 is 32.3 Å². The van der Waals surface area contributed by atoms with Crippen molar-refractivity contribution in [3.05, 3.63) is 75.3 Å². The van der Waals surface area contributed by atoms with E-state index in [0.717, 1.165) is 5.56 Å². The minimum atomic E-state index is -1.35. The lowest BCUT2D eigenvalue weighted by Crippen LogP contribution is -2.41. The molecule has 0 aliphatic carbocycles. The number of pyridine rings is 1. The molecule has 2 aromatic heterocycles. The van der Waals surface area contributed by atoms with Crippen LogP contribution in [0.25, 0.3) is 22.3 Å². The van der Waals surface area contributed by atoms with Crippen LogP contribution in [-0.2, 0) is 16.1 Å². The molecular weight excluding hydrogens is 548 g/mol. The monoisotopic (exact) mass is 574 g/mol. The molecule has 0 saturated heterocycles. The van der Waals surface area contributed by atoms with Crippen molar-refractivity contribution in [1.29, 1.82) is 0 Å². The SMILES string of the molecule is Cc1c(CNc2ccc(C(=O)N[C@@H](CCC(=O)O)C(=O)O)cc2)c(-c2ccc([N+](=O)[O-])cc2)nc2nc(N)nc(N)c12. The number of nitrogens with one attached hydrogen (secondary N) is 2. The first-order chi connectivity index (χ1) is 19.9. The van der Waals surface area contributed by atoms with Crippen LogP contribution >= 0.6 is 0 Å². The number of hydrogen-bond donors (Lipinski definition) is 6. The number of carboxylic acid groups (broad SMARTS) is 2. The average Bonchev–Trinajstić information content (AvgIpc) is 2.94. The Bertz CT molecular complexity index is 1690. The van der Waals surface area contributed by atoms with Crippen molar-refractivity contribution >= 4 is 52.0 Å². The van der Waals surface area contributed by atoms with Crippen LogP contribution in [0.1, 0.15) is 34.3 Å². The van der Waals surface area contributed by atoms with Crippen LogP contribution in [0.15, 0.2) is 48.5 Å². The molecule has 2 heterocycles. The number of carbonyl (C=O) groups excluding carboxylic acids is 1. The predicted octanol–water partition coefficient (Wildman–Crippen LogP) is 2.73. The molecular formula is C27H26N8O7. The highest BCUT2D eigenvalue weighted by molar-refractivity contribution is 5.97. The number of nitro groups is 1. The van der Waals surface area contributed by atoms with E-state index in [4.69, 9.17) is 16.6 Å². The summed E-state index contributed by atoms with van der Waals surface area (Å²) in [4.78, 5) is 58.3. The van der Waals surface area contributed by atoms with Gasteiger partial charge in [0, 0.05) is 47.5 Å². The first-order valence-electron chi connectivity index (χ1n) is 12.5. The highest BCUT2D eigenvalue weighted by Crippen LogP contribution is 2.33. The lowest BCUT2D eigenvalue weighted by atomic mass is 9.98. The fourth-order valence-electron chi connectivity index (χ4n) is 4.32. The maximum Gasteiger partial charge on any atom is 0.326 e. The smallest absolute Gasteiger partial charge is 0.326 e. The van der Waals surface area contributed by atoms with E-state index in [2.05, 4.69) is 25.6 Å². The molecule has 0 unspecified atom stereocenters. The fourth-order valence-corrected chi connectivity index (χ4v) is 4.32. The van der Waals surface area contributed by atoms with Gasteiger partial charge in [0.2, 0.25) is 5.95 Å². The van der Waals surface area contributed by atoms with Crippen molar-refractivity contribution in [3.8, 4) is 11.3 Å². The molecule has 2 aromatic carbocycles. The summed E-state index contributed by atoms with van der Waals surface area (Å²) in [6, 6.07) is 10.8. The summed E-state index contributed by atoms with van der Waals surface area (Å²) >= 11 is 0. The predicted molar refractivity (Wildman–Crippen MR) is 153 cm³/mol. The maximum absolute atomic E-state index is 12.6. The van der Waals surface area contributed by atoms with Gasteiger partial charge in [-0.2, -0.15) is 9.97 Å². The standard InChI is InChI=1S/C27H26N8O7/c1-13-18(12-30-16-6-2-15(3-7-16)25(38)31-19(26(39)40)10-11-20(36)37)22(14-4-8-17(9-5-14)35(41)42)32-24-21(13)23(28)33-27(29)34-24/h2-9,19,30H,10-12H2,1H3,(H,31,38)(H,36,37)(H,39,40)(H4,28,29,32,33,34)/t19-/m0/s1. The second-order valence-electron chi connectivity index (χ2n) is 9.26. The van der Waals surface area contributed by atoms with Gasteiger partial charge in [-0.05, 0) is 55.3 Å². The molecule has 0 spiro atoms. The number of aryl methyl sites for hydroxylation is 1. The Kier molecular flexibility index (Phi) is 8.40. The summed E-state index contributed by atoms with van der Waals surface area (Å²) in [5, 5.41) is 35.3. The van der Waals surface area contributed by atoms with Gasteiger partial charge in [0.05, 0.1) is 16.0 Å². The van der Waals surface area contributed by atoms with Gasteiger partial charge in [-0.1, -0.05) is 0 Å². The summed E-state index contributed by atoms with van der Waals surface area (Å²) in [6.07, 6.45) is -0.662. The van der Waals surface area contributed by atoms with E-state index in [0.29, 0.717) is 27.9 Å². The highest BCUT2D eigenvalue weighted by atomic mass is 16.6. The maximum atomic E-state index is 12.6. The Morgan fingerprint density at radius 1 is 1.00 bits per heavy atom. The molecule has 4 aromatic rings. The number of nitrogens with two attached hydrogens (primary N) is 2. The highest BCUT2D eigenvalue weighted by Gasteiger charge is 2.22. The molecule has 0 saturated carbocycles. The van der Waals surface area contributed by atoms with Crippen molar-refractivity contribution in [2.24, 2.45) is 0 Å². The van der Waals surface area contributed by atoms with Crippen molar-refractivity contribution in [3.63, 3.8) is 0 Å². The lowest BCUT2D eigenvalue weighted by Gasteiger charge is -2.17. The molecule has 1 atom stereocenters. The third kappa shape index (κ3) is 6.47. The zero-order valence-electron chi connectivity index (χ0n) is 22.2.